The largest absolute Gasteiger partial charge is 0.471 e. The van der Waals surface area contributed by atoms with Crippen molar-refractivity contribution in [1.82, 2.24) is 25.2 Å². The fraction of sp³-hybridized carbons (Fsp3) is 0.517. The lowest BCUT2D eigenvalue weighted by molar-refractivity contribution is -0.182. The average molecular weight is 681 g/mol. The molecule has 0 spiro atoms. The number of imidazole rings is 1. The number of aryl methyl sites for hydroxylation is 1. The molecule has 258 valence electrons. The van der Waals surface area contributed by atoms with Crippen LogP contribution in [0.15, 0.2) is 24.3 Å². The van der Waals surface area contributed by atoms with Crippen LogP contribution < -0.4 is 20.7 Å². The van der Waals surface area contributed by atoms with Crippen molar-refractivity contribution >= 4 is 34.6 Å². The van der Waals surface area contributed by atoms with Gasteiger partial charge in [0.15, 0.2) is 12.3 Å². The van der Waals surface area contributed by atoms with Gasteiger partial charge >= 0.3 is 12.4 Å². The second kappa shape index (κ2) is 13.5. The summed E-state index contributed by atoms with van der Waals surface area (Å²) in [5.74, 6) is -3.85. The Morgan fingerprint density at radius 2 is 1.70 bits per heavy atom. The number of aromatic nitrogens is 3. The van der Waals surface area contributed by atoms with Crippen LogP contribution in [0.3, 0.4) is 0 Å². The van der Waals surface area contributed by atoms with Crippen LogP contribution in [0, 0.1) is 5.92 Å². The highest BCUT2D eigenvalue weighted by Crippen LogP contribution is 2.39. The fourth-order valence-electron chi connectivity index (χ4n) is 5.02. The van der Waals surface area contributed by atoms with Crippen molar-refractivity contribution in [3.8, 4) is 5.88 Å². The van der Waals surface area contributed by atoms with Crippen LogP contribution in [0.1, 0.15) is 61.0 Å². The van der Waals surface area contributed by atoms with Crippen molar-refractivity contribution < 1.29 is 54.6 Å². The van der Waals surface area contributed by atoms with Gasteiger partial charge in [0, 0.05) is 19.6 Å². The molecule has 4 rings (SSSR count). The van der Waals surface area contributed by atoms with Gasteiger partial charge < -0.3 is 25.8 Å². The van der Waals surface area contributed by atoms with E-state index in [0.29, 0.717) is 0 Å². The van der Waals surface area contributed by atoms with E-state index in [1.807, 2.05) is 0 Å². The first-order valence-electron chi connectivity index (χ1n) is 14.4. The van der Waals surface area contributed by atoms with Gasteiger partial charge in [-0.05, 0) is 63.3 Å². The van der Waals surface area contributed by atoms with Gasteiger partial charge in [-0.3, -0.25) is 14.2 Å². The third-order valence-electron chi connectivity index (χ3n) is 7.57. The summed E-state index contributed by atoms with van der Waals surface area (Å²) in [5.41, 5.74) is -3.48. The predicted octanol–water partition coefficient (Wildman–Crippen LogP) is 5.61. The topological polar surface area (TPSA) is 130 Å². The summed E-state index contributed by atoms with van der Waals surface area (Å²) in [6.07, 6.45) is -12.5. The van der Waals surface area contributed by atoms with Crippen molar-refractivity contribution in [1.29, 1.82) is 0 Å². The molecule has 10 nitrogen and oxygen atoms in total. The highest BCUT2D eigenvalue weighted by atomic mass is 19.4. The van der Waals surface area contributed by atoms with Crippen LogP contribution in [0.2, 0.25) is 0 Å². The Hall–Kier alpha value is -4.22. The zero-order chi connectivity index (χ0) is 34.9. The lowest BCUT2D eigenvalue weighted by atomic mass is 9.85. The molecule has 18 heteroatoms. The molecule has 0 unspecified atom stereocenters. The molecule has 1 aliphatic carbocycles. The van der Waals surface area contributed by atoms with E-state index in [-0.39, 0.29) is 60.5 Å². The van der Waals surface area contributed by atoms with E-state index in [1.165, 1.54) is 25.5 Å². The van der Waals surface area contributed by atoms with E-state index >= 15 is 0 Å². The molecule has 1 fully saturated rings. The molecule has 0 aliphatic heterocycles. The van der Waals surface area contributed by atoms with Crippen LogP contribution in [0.5, 0.6) is 5.88 Å². The Kier molecular flexibility index (Phi) is 10.2. The van der Waals surface area contributed by atoms with Crippen molar-refractivity contribution in [2.75, 3.05) is 11.9 Å². The highest BCUT2D eigenvalue weighted by molar-refractivity contribution is 5.99. The van der Waals surface area contributed by atoms with Crippen molar-refractivity contribution in [2.24, 2.45) is 13.0 Å². The number of halogens is 8. The molecule has 2 heterocycles. The number of fused-ring (bicyclic) bond motifs is 1. The van der Waals surface area contributed by atoms with Gasteiger partial charge in [0.1, 0.15) is 16.7 Å². The maximum absolute atomic E-state index is 13.9. The fourth-order valence-corrected chi connectivity index (χ4v) is 5.02. The first-order chi connectivity index (χ1) is 21.7. The molecule has 3 aromatic rings. The summed E-state index contributed by atoms with van der Waals surface area (Å²) in [7, 11) is 1.36. The van der Waals surface area contributed by atoms with E-state index in [4.69, 9.17) is 4.74 Å². The molecule has 1 aromatic carbocycles. The van der Waals surface area contributed by atoms with Gasteiger partial charge in [-0.15, -0.1) is 0 Å². The number of hydrogen-bond donors (Lipinski definition) is 4. The molecule has 1 saturated carbocycles. The summed E-state index contributed by atoms with van der Waals surface area (Å²) in [4.78, 5) is 33.6. The Morgan fingerprint density at radius 3 is 2.28 bits per heavy atom. The summed E-state index contributed by atoms with van der Waals surface area (Å²) in [6.45, 7) is 1.11. The molecule has 0 saturated heterocycles. The quantitative estimate of drug-likeness (QED) is 0.205. The number of hydrogen-bond acceptors (Lipinski definition) is 7. The molecule has 0 radical (unpaired) electrons. The normalized spacial score (nSPS) is 17.6. The Bertz CT molecular complexity index is 1610. The SMILES string of the molecule is Cn1c(Nc2cc(CNC(=O)C(C)(C)O)ccc2C(F)(F)F)nc2cc(C(=O)N[C@H]3CC[C@H](C(F)(F)F)CC3)c(OCC(F)F)nc21. The molecule has 0 bridgehead atoms. The lowest BCUT2D eigenvalue weighted by Gasteiger charge is -2.30. The van der Waals surface area contributed by atoms with E-state index in [1.54, 1.807) is 0 Å². The van der Waals surface area contributed by atoms with Crippen molar-refractivity contribution in [3.05, 3.63) is 41.0 Å². The second-order valence-corrected chi connectivity index (χ2v) is 11.7. The average Bonchev–Trinajstić information content (AvgIpc) is 3.26. The molecule has 2 amide bonds. The standard InChI is InChI=1S/C29H32F8N6O4/c1-27(2,46)25(45)38-12-14-4-9-18(29(35,36)37)19(10-14)40-26-41-20-11-17(24(47-13-21(30)31)42-22(20)43(26)3)23(44)39-16-7-5-15(6-8-16)28(32,33)34/h4,9-11,15-16,21,46H,5-8,12-13H2,1-3H3,(H,38,45)(H,39,44)(H,40,41)/t15-,16-. The van der Waals surface area contributed by atoms with E-state index in [0.717, 1.165) is 24.3 Å². The minimum absolute atomic E-state index is 0.0263. The number of benzene rings is 1. The number of aliphatic hydroxyl groups is 1. The van der Waals surface area contributed by atoms with E-state index in [9.17, 15) is 49.8 Å². The summed E-state index contributed by atoms with van der Waals surface area (Å²) in [6, 6.07) is 3.54. The van der Waals surface area contributed by atoms with E-state index in [2.05, 4.69) is 25.9 Å². The third kappa shape index (κ3) is 8.78. The summed E-state index contributed by atoms with van der Waals surface area (Å²) >= 11 is 0. The number of anilines is 2. The zero-order valence-corrected chi connectivity index (χ0v) is 25.3. The molecule has 4 N–H and O–H groups in total. The molecule has 47 heavy (non-hydrogen) atoms. The van der Waals surface area contributed by atoms with Gasteiger partial charge in [-0.2, -0.15) is 31.3 Å². The number of nitrogens with zero attached hydrogens (tertiary/aromatic N) is 3. The first kappa shape index (κ1) is 35.6. The number of carbonyl (C=O) groups excluding carboxylic acids is 2. The van der Waals surface area contributed by atoms with Gasteiger partial charge in [0.05, 0.1) is 17.2 Å². The number of nitrogens with one attached hydrogen (secondary N) is 3. The third-order valence-corrected chi connectivity index (χ3v) is 7.57. The number of carbonyl (C=O) groups is 2. The minimum atomic E-state index is -4.82. The summed E-state index contributed by atoms with van der Waals surface area (Å²) in [5, 5.41) is 17.4. The van der Waals surface area contributed by atoms with Gasteiger partial charge in [0.25, 0.3) is 18.2 Å². The number of alkyl halides is 8. The van der Waals surface area contributed by atoms with E-state index < -0.39 is 71.9 Å². The van der Waals surface area contributed by atoms with Crippen molar-refractivity contribution in [3.63, 3.8) is 0 Å². The van der Waals surface area contributed by atoms with Crippen LogP contribution in [0.25, 0.3) is 11.2 Å². The maximum Gasteiger partial charge on any atom is 0.418 e. The molecule has 1 aliphatic rings. The van der Waals surface area contributed by atoms with Crippen LogP contribution >= 0.6 is 0 Å². The molecule has 2 aromatic heterocycles. The lowest BCUT2D eigenvalue weighted by Crippen LogP contribution is -2.41. The maximum atomic E-state index is 13.9. The minimum Gasteiger partial charge on any atom is -0.471 e. The van der Waals surface area contributed by atoms with Crippen LogP contribution in [-0.2, 0) is 24.6 Å². The number of ether oxygens (including phenoxy) is 1. The zero-order valence-electron chi connectivity index (χ0n) is 25.3. The second-order valence-electron chi connectivity index (χ2n) is 11.7. The first-order valence-corrected chi connectivity index (χ1v) is 14.4. The Labute approximate surface area is 262 Å². The smallest absolute Gasteiger partial charge is 0.418 e. The molecular weight excluding hydrogens is 648 g/mol. The van der Waals surface area contributed by atoms with Gasteiger partial charge in [0.2, 0.25) is 11.8 Å². The van der Waals surface area contributed by atoms with Gasteiger partial charge in [-0.1, -0.05) is 6.07 Å². The van der Waals surface area contributed by atoms with Crippen LogP contribution in [-0.4, -0.2) is 62.3 Å². The number of pyridine rings is 1. The highest BCUT2D eigenvalue weighted by Gasteiger charge is 2.42. The van der Waals surface area contributed by atoms with Crippen molar-refractivity contribution in [2.45, 2.75) is 76.5 Å². The molecule has 0 atom stereocenters. The number of amides is 2. The Balaban J connectivity index is 1.65. The predicted molar refractivity (Wildman–Crippen MR) is 152 cm³/mol. The molecular formula is C29H32F8N6O4. The number of rotatable bonds is 10. The monoisotopic (exact) mass is 680 g/mol. The summed E-state index contributed by atoms with van der Waals surface area (Å²) < 4.78 is 113. The van der Waals surface area contributed by atoms with Gasteiger partial charge in [-0.25, -0.2) is 13.8 Å². The Morgan fingerprint density at radius 1 is 1.04 bits per heavy atom. The van der Waals surface area contributed by atoms with Crippen LogP contribution in [0.4, 0.5) is 46.8 Å².